The molecule has 1 aromatic carbocycles. The average molecular weight is 325 g/mol. The summed E-state index contributed by atoms with van der Waals surface area (Å²) in [7, 11) is 3.22. The number of benzene rings is 1. The lowest BCUT2D eigenvalue weighted by molar-refractivity contribution is -0.119. The van der Waals surface area contributed by atoms with Crippen LogP contribution in [0.25, 0.3) is 0 Å². The Hall–Kier alpha value is -0.750. The van der Waals surface area contributed by atoms with Crippen LogP contribution in [0.15, 0.2) is 22.7 Å². The smallest absolute Gasteiger partial charge is 0.365 e. The molecule has 1 unspecified atom stereocenters. The lowest BCUT2D eigenvalue weighted by Gasteiger charge is -2.26. The van der Waals surface area contributed by atoms with Crippen molar-refractivity contribution in [2.45, 2.75) is 19.1 Å². The second-order valence-electron chi connectivity index (χ2n) is 4.18. The van der Waals surface area contributed by atoms with Crippen LogP contribution in [-0.2, 0) is 0 Å². The molecule has 0 spiro atoms. The molecule has 0 fully saturated rings. The highest BCUT2D eigenvalue weighted by atomic mass is 79.9. The van der Waals surface area contributed by atoms with Gasteiger partial charge in [-0.2, -0.15) is 13.2 Å². The van der Waals surface area contributed by atoms with Crippen LogP contribution in [0.5, 0.6) is 0 Å². The lowest BCUT2D eigenvalue weighted by atomic mass is 10.1. The minimum absolute atomic E-state index is 0.0202. The average Bonchev–Trinajstić information content (AvgIpc) is 2.25. The largest absolute Gasteiger partial charge is 0.405 e. The second-order valence-corrected chi connectivity index (χ2v) is 5.10. The van der Waals surface area contributed by atoms with Crippen molar-refractivity contribution in [2.75, 3.05) is 25.5 Å². The van der Waals surface area contributed by atoms with Gasteiger partial charge >= 0.3 is 6.18 Å². The van der Waals surface area contributed by atoms with Gasteiger partial charge in [-0.25, -0.2) is 0 Å². The van der Waals surface area contributed by atoms with Crippen LogP contribution < -0.4 is 10.2 Å². The minimum atomic E-state index is -4.21. The van der Waals surface area contributed by atoms with Crippen molar-refractivity contribution < 1.29 is 13.2 Å². The van der Waals surface area contributed by atoms with Crippen LogP contribution in [0.2, 0.25) is 0 Å². The first-order valence-corrected chi connectivity index (χ1v) is 6.28. The SMILES string of the molecule is CNC(C)c1cc(Br)ccc1N(C)CC(F)(F)F. The third-order valence-electron chi connectivity index (χ3n) is 2.72. The first kappa shape index (κ1) is 15.3. The molecule has 102 valence electrons. The number of alkyl halides is 3. The molecule has 6 heteroatoms. The van der Waals surface area contributed by atoms with Crippen molar-refractivity contribution in [2.24, 2.45) is 0 Å². The zero-order valence-corrected chi connectivity index (χ0v) is 12.1. The molecule has 0 saturated heterocycles. The Morgan fingerprint density at radius 3 is 2.50 bits per heavy atom. The molecule has 1 aromatic rings. The molecular formula is C12H16BrF3N2. The molecule has 1 rings (SSSR count). The third kappa shape index (κ3) is 4.17. The predicted octanol–water partition coefficient (Wildman–Crippen LogP) is 3.73. The highest BCUT2D eigenvalue weighted by Gasteiger charge is 2.30. The molecule has 2 nitrogen and oxygen atoms in total. The van der Waals surface area contributed by atoms with Crippen LogP contribution in [0.1, 0.15) is 18.5 Å². The van der Waals surface area contributed by atoms with E-state index in [4.69, 9.17) is 0 Å². The van der Waals surface area contributed by atoms with Gasteiger partial charge in [-0.1, -0.05) is 15.9 Å². The predicted molar refractivity (Wildman–Crippen MR) is 70.9 cm³/mol. The first-order valence-electron chi connectivity index (χ1n) is 5.49. The van der Waals surface area contributed by atoms with E-state index >= 15 is 0 Å². The number of rotatable bonds is 4. The molecular weight excluding hydrogens is 309 g/mol. The molecule has 0 heterocycles. The molecule has 1 N–H and O–H groups in total. The monoisotopic (exact) mass is 324 g/mol. The fourth-order valence-corrected chi connectivity index (χ4v) is 2.11. The van der Waals surface area contributed by atoms with Crippen LogP contribution in [0.4, 0.5) is 18.9 Å². The van der Waals surface area contributed by atoms with Crippen molar-refractivity contribution in [1.29, 1.82) is 0 Å². The third-order valence-corrected chi connectivity index (χ3v) is 3.21. The summed E-state index contributed by atoms with van der Waals surface area (Å²) in [5.41, 5.74) is 1.41. The van der Waals surface area contributed by atoms with Crippen LogP contribution in [0.3, 0.4) is 0 Å². The maximum Gasteiger partial charge on any atom is 0.405 e. The second kappa shape index (κ2) is 5.93. The number of halogens is 4. The Labute approximate surface area is 113 Å². The summed E-state index contributed by atoms with van der Waals surface area (Å²) in [6, 6.07) is 5.25. The van der Waals surface area contributed by atoms with Crippen LogP contribution >= 0.6 is 15.9 Å². The van der Waals surface area contributed by atoms with E-state index in [-0.39, 0.29) is 6.04 Å². The Balaban J connectivity index is 3.07. The number of hydrogen-bond acceptors (Lipinski definition) is 2. The number of nitrogens with one attached hydrogen (secondary N) is 1. The Kier molecular flexibility index (Phi) is 5.04. The van der Waals surface area contributed by atoms with Crippen molar-refractivity contribution in [3.8, 4) is 0 Å². The molecule has 0 amide bonds. The summed E-state index contributed by atoms with van der Waals surface area (Å²) in [6.07, 6.45) is -4.21. The van der Waals surface area contributed by atoms with Crippen LogP contribution in [-0.4, -0.2) is 26.8 Å². The van der Waals surface area contributed by atoms with Gasteiger partial charge in [-0.3, -0.25) is 0 Å². The van der Waals surface area contributed by atoms with E-state index < -0.39 is 12.7 Å². The van der Waals surface area contributed by atoms with Crippen molar-refractivity contribution in [3.05, 3.63) is 28.2 Å². The van der Waals surface area contributed by atoms with E-state index in [9.17, 15) is 13.2 Å². The zero-order valence-electron chi connectivity index (χ0n) is 10.5. The molecule has 0 aliphatic carbocycles. The van der Waals surface area contributed by atoms with Crippen molar-refractivity contribution >= 4 is 21.6 Å². The molecule has 0 bridgehead atoms. The van der Waals surface area contributed by atoms with E-state index in [0.29, 0.717) is 5.69 Å². The van der Waals surface area contributed by atoms with Gasteiger partial charge in [0.2, 0.25) is 0 Å². The van der Waals surface area contributed by atoms with Gasteiger partial charge in [0.05, 0.1) is 0 Å². The van der Waals surface area contributed by atoms with E-state index in [2.05, 4.69) is 21.2 Å². The normalized spacial score (nSPS) is 13.5. The fourth-order valence-electron chi connectivity index (χ4n) is 1.73. The van der Waals surface area contributed by atoms with Crippen molar-refractivity contribution in [3.63, 3.8) is 0 Å². The molecule has 0 radical (unpaired) electrons. The quantitative estimate of drug-likeness (QED) is 0.907. The number of nitrogens with zero attached hydrogens (tertiary/aromatic N) is 1. The van der Waals surface area contributed by atoms with Gasteiger partial charge in [0, 0.05) is 23.2 Å². The summed E-state index contributed by atoms with van der Waals surface area (Å²) in [6.45, 7) is 0.949. The molecule has 0 aromatic heterocycles. The molecule has 18 heavy (non-hydrogen) atoms. The van der Waals surface area contributed by atoms with Crippen LogP contribution in [0, 0.1) is 0 Å². The topological polar surface area (TPSA) is 15.3 Å². The maximum atomic E-state index is 12.4. The lowest BCUT2D eigenvalue weighted by Crippen LogP contribution is -2.32. The number of anilines is 1. The van der Waals surface area contributed by atoms with E-state index in [1.54, 1.807) is 19.2 Å². The van der Waals surface area contributed by atoms with E-state index in [0.717, 1.165) is 10.0 Å². The Morgan fingerprint density at radius 2 is 2.00 bits per heavy atom. The van der Waals surface area contributed by atoms with Gasteiger partial charge in [0.25, 0.3) is 0 Å². The van der Waals surface area contributed by atoms with Gasteiger partial charge in [-0.15, -0.1) is 0 Å². The van der Waals surface area contributed by atoms with Gasteiger partial charge in [0.1, 0.15) is 6.54 Å². The van der Waals surface area contributed by atoms with Gasteiger partial charge < -0.3 is 10.2 Å². The fraction of sp³-hybridized carbons (Fsp3) is 0.500. The van der Waals surface area contributed by atoms with Crippen molar-refractivity contribution in [1.82, 2.24) is 5.32 Å². The maximum absolute atomic E-state index is 12.4. The van der Waals surface area contributed by atoms with E-state index in [1.165, 1.54) is 11.9 Å². The first-order chi connectivity index (χ1) is 8.24. The summed E-state index contributed by atoms with van der Waals surface area (Å²) >= 11 is 3.34. The summed E-state index contributed by atoms with van der Waals surface area (Å²) in [5.74, 6) is 0. The summed E-state index contributed by atoms with van der Waals surface area (Å²) < 4.78 is 38.1. The van der Waals surface area contributed by atoms with Gasteiger partial charge in [0.15, 0.2) is 0 Å². The highest BCUT2D eigenvalue weighted by Crippen LogP contribution is 2.30. The Bertz CT molecular complexity index is 407. The molecule has 0 aliphatic rings. The minimum Gasteiger partial charge on any atom is -0.365 e. The standard InChI is InChI=1S/C12H16BrF3N2/c1-8(17-2)10-6-9(13)4-5-11(10)18(3)7-12(14,15)16/h4-6,8,17H,7H2,1-3H3. The molecule has 0 saturated carbocycles. The number of hydrogen-bond donors (Lipinski definition) is 1. The van der Waals surface area contributed by atoms with Gasteiger partial charge in [-0.05, 0) is 37.7 Å². The summed E-state index contributed by atoms with van der Waals surface area (Å²) in [5, 5.41) is 3.04. The zero-order chi connectivity index (χ0) is 13.9. The Morgan fingerprint density at radius 1 is 1.39 bits per heavy atom. The van der Waals surface area contributed by atoms with E-state index in [1.807, 2.05) is 13.0 Å². The highest BCUT2D eigenvalue weighted by molar-refractivity contribution is 9.10. The molecule has 0 aliphatic heterocycles. The molecule has 1 atom stereocenters. The summed E-state index contributed by atoms with van der Waals surface area (Å²) in [4.78, 5) is 1.22.